The van der Waals surface area contributed by atoms with E-state index in [1.165, 1.54) is 16.7 Å². The Morgan fingerprint density at radius 2 is 1.90 bits per heavy atom. The molecule has 1 aliphatic carbocycles. The van der Waals surface area contributed by atoms with Crippen LogP contribution in [-0.4, -0.2) is 6.10 Å². The lowest BCUT2D eigenvalue weighted by Crippen LogP contribution is -2.07. The van der Waals surface area contributed by atoms with Crippen LogP contribution < -0.4 is 0 Å². The van der Waals surface area contributed by atoms with Gasteiger partial charge in [-0.3, -0.25) is 0 Å². The van der Waals surface area contributed by atoms with Gasteiger partial charge in [-0.05, 0) is 53.6 Å². The first kappa shape index (κ1) is 13.0. The molecule has 2 aliphatic rings. The largest absolute Gasteiger partial charge is 0.370 e. The first-order valence-electron chi connectivity index (χ1n) is 7.78. The third kappa shape index (κ3) is 2.09. The molecule has 0 amide bonds. The smallest absolute Gasteiger partial charge is 0.123 e. The van der Waals surface area contributed by atoms with Gasteiger partial charge in [0.05, 0.1) is 12.2 Å². The monoisotopic (exact) mass is 282 g/mol. The summed E-state index contributed by atoms with van der Waals surface area (Å²) in [6.45, 7) is 2.16. The summed E-state index contributed by atoms with van der Waals surface area (Å²) in [5.41, 5.74) is 4.99. The quantitative estimate of drug-likeness (QED) is 0.733. The second-order valence-corrected chi connectivity index (χ2v) is 6.15. The van der Waals surface area contributed by atoms with Crippen molar-refractivity contribution in [3.05, 3.63) is 70.5 Å². The lowest BCUT2D eigenvalue weighted by Gasteiger charge is -2.19. The predicted molar refractivity (Wildman–Crippen MR) is 80.9 cm³/mol. The standard InChI is InChI=1S/C19H19FO/c1-2-15-11-18-16-6-4-3-5-12(16)9-13-7-8-14(20)10-17(13)19(18)21-15/h3-8,10,15,18-19H,2,9,11H2,1H3/t15-,18+,19+/m0/s1. The van der Waals surface area contributed by atoms with Crippen LogP contribution >= 0.6 is 0 Å². The van der Waals surface area contributed by atoms with E-state index in [9.17, 15) is 4.39 Å². The van der Waals surface area contributed by atoms with Crippen LogP contribution in [0.3, 0.4) is 0 Å². The van der Waals surface area contributed by atoms with E-state index in [0.29, 0.717) is 5.92 Å². The molecule has 0 bridgehead atoms. The van der Waals surface area contributed by atoms with Crippen molar-refractivity contribution in [3.8, 4) is 0 Å². The molecule has 1 fully saturated rings. The molecule has 0 N–H and O–H groups in total. The van der Waals surface area contributed by atoms with Crippen LogP contribution in [0.5, 0.6) is 0 Å². The molecular weight excluding hydrogens is 263 g/mol. The molecule has 2 aromatic rings. The summed E-state index contributed by atoms with van der Waals surface area (Å²) < 4.78 is 20.0. The van der Waals surface area contributed by atoms with Crippen LogP contribution in [0.15, 0.2) is 42.5 Å². The third-order valence-electron chi connectivity index (χ3n) is 4.93. The Balaban J connectivity index is 1.90. The molecule has 2 heteroatoms. The minimum absolute atomic E-state index is 0.00398. The Morgan fingerprint density at radius 1 is 1.10 bits per heavy atom. The van der Waals surface area contributed by atoms with Crippen LogP contribution in [0.4, 0.5) is 4.39 Å². The van der Waals surface area contributed by atoms with Crippen LogP contribution in [0.1, 0.15) is 54.0 Å². The molecule has 0 unspecified atom stereocenters. The number of halogens is 1. The van der Waals surface area contributed by atoms with Crippen LogP contribution in [-0.2, 0) is 11.2 Å². The number of hydrogen-bond acceptors (Lipinski definition) is 1. The van der Waals surface area contributed by atoms with Crippen molar-refractivity contribution in [1.29, 1.82) is 0 Å². The Kier molecular flexibility index (Phi) is 3.07. The first-order chi connectivity index (χ1) is 10.3. The third-order valence-corrected chi connectivity index (χ3v) is 4.93. The van der Waals surface area contributed by atoms with E-state index in [0.717, 1.165) is 24.8 Å². The van der Waals surface area contributed by atoms with Gasteiger partial charge in [0, 0.05) is 5.92 Å². The Hall–Kier alpha value is -1.67. The second kappa shape index (κ2) is 4.96. The second-order valence-electron chi connectivity index (χ2n) is 6.15. The molecular formula is C19H19FO. The normalized spacial score (nSPS) is 26.7. The summed E-state index contributed by atoms with van der Waals surface area (Å²) in [6, 6.07) is 13.8. The minimum Gasteiger partial charge on any atom is -0.370 e. The zero-order valence-corrected chi connectivity index (χ0v) is 12.2. The molecule has 4 rings (SSSR count). The molecule has 21 heavy (non-hydrogen) atoms. The average Bonchev–Trinajstić information content (AvgIpc) is 2.89. The Labute approximate surface area is 124 Å². The van der Waals surface area contributed by atoms with E-state index in [2.05, 4.69) is 31.2 Å². The summed E-state index contributed by atoms with van der Waals surface area (Å²) >= 11 is 0. The number of rotatable bonds is 1. The maximum Gasteiger partial charge on any atom is 0.123 e. The minimum atomic E-state index is -0.165. The number of hydrogen-bond donors (Lipinski definition) is 0. The first-order valence-corrected chi connectivity index (χ1v) is 7.78. The molecule has 0 radical (unpaired) electrons. The van der Waals surface area contributed by atoms with Crippen molar-refractivity contribution >= 4 is 0 Å². The van der Waals surface area contributed by atoms with Gasteiger partial charge < -0.3 is 4.74 Å². The van der Waals surface area contributed by atoms with Gasteiger partial charge in [0.1, 0.15) is 5.82 Å². The van der Waals surface area contributed by atoms with Crippen molar-refractivity contribution in [1.82, 2.24) is 0 Å². The number of ether oxygens (including phenoxy) is 1. The topological polar surface area (TPSA) is 9.23 Å². The summed E-state index contributed by atoms with van der Waals surface area (Å²) in [5.74, 6) is 0.191. The number of benzene rings is 2. The van der Waals surface area contributed by atoms with Crippen LogP contribution in [0, 0.1) is 5.82 Å². The lowest BCUT2D eigenvalue weighted by atomic mass is 9.87. The summed E-state index contributed by atoms with van der Waals surface area (Å²) in [6.07, 6.45) is 3.21. The summed E-state index contributed by atoms with van der Waals surface area (Å²) in [5, 5.41) is 0. The highest BCUT2D eigenvalue weighted by atomic mass is 19.1. The van der Waals surface area contributed by atoms with E-state index in [1.54, 1.807) is 12.1 Å². The molecule has 2 aromatic carbocycles. The van der Waals surface area contributed by atoms with Crippen molar-refractivity contribution in [2.75, 3.05) is 0 Å². The van der Waals surface area contributed by atoms with E-state index >= 15 is 0 Å². The van der Waals surface area contributed by atoms with Crippen LogP contribution in [0.2, 0.25) is 0 Å². The van der Waals surface area contributed by atoms with Crippen molar-refractivity contribution in [2.24, 2.45) is 0 Å². The van der Waals surface area contributed by atoms with Crippen molar-refractivity contribution in [2.45, 2.75) is 44.3 Å². The SMILES string of the molecule is CC[C@H]1C[C@@H]2c3ccccc3Cc3ccc(F)cc3[C@H]2O1. The van der Waals surface area contributed by atoms with Gasteiger partial charge in [0.25, 0.3) is 0 Å². The van der Waals surface area contributed by atoms with Gasteiger partial charge in [-0.25, -0.2) is 4.39 Å². The molecule has 0 saturated carbocycles. The highest BCUT2D eigenvalue weighted by molar-refractivity contribution is 5.45. The van der Waals surface area contributed by atoms with Gasteiger partial charge >= 0.3 is 0 Å². The van der Waals surface area contributed by atoms with Gasteiger partial charge in [-0.15, -0.1) is 0 Å². The fraction of sp³-hybridized carbons (Fsp3) is 0.368. The highest BCUT2D eigenvalue weighted by Gasteiger charge is 2.40. The molecule has 1 heterocycles. The maximum absolute atomic E-state index is 13.7. The van der Waals surface area contributed by atoms with Crippen molar-refractivity contribution < 1.29 is 9.13 Å². The molecule has 0 aromatic heterocycles. The molecule has 0 spiro atoms. The van der Waals surface area contributed by atoms with E-state index < -0.39 is 0 Å². The average molecular weight is 282 g/mol. The zero-order valence-electron chi connectivity index (χ0n) is 12.2. The van der Waals surface area contributed by atoms with E-state index in [1.807, 2.05) is 6.07 Å². The molecule has 108 valence electrons. The van der Waals surface area contributed by atoms with Crippen LogP contribution in [0.25, 0.3) is 0 Å². The van der Waals surface area contributed by atoms with Gasteiger partial charge in [-0.1, -0.05) is 37.3 Å². The molecule has 1 nitrogen and oxygen atoms in total. The van der Waals surface area contributed by atoms with Crippen molar-refractivity contribution in [3.63, 3.8) is 0 Å². The van der Waals surface area contributed by atoms with Gasteiger partial charge in [0.2, 0.25) is 0 Å². The van der Waals surface area contributed by atoms with E-state index in [-0.39, 0.29) is 18.0 Å². The van der Waals surface area contributed by atoms with E-state index in [4.69, 9.17) is 4.74 Å². The zero-order chi connectivity index (χ0) is 14.4. The molecule has 3 atom stereocenters. The molecule has 1 saturated heterocycles. The summed E-state index contributed by atoms with van der Waals surface area (Å²) in [4.78, 5) is 0. The molecule has 1 aliphatic heterocycles. The Morgan fingerprint density at radius 3 is 2.76 bits per heavy atom. The van der Waals surface area contributed by atoms with Gasteiger partial charge in [0.15, 0.2) is 0 Å². The fourth-order valence-electron chi connectivity index (χ4n) is 3.86. The predicted octanol–water partition coefficient (Wildman–Crippen LogP) is 4.75. The fourth-order valence-corrected chi connectivity index (χ4v) is 3.86. The Bertz CT molecular complexity index is 679. The van der Waals surface area contributed by atoms with Gasteiger partial charge in [-0.2, -0.15) is 0 Å². The summed E-state index contributed by atoms with van der Waals surface area (Å²) in [7, 11) is 0. The maximum atomic E-state index is 13.7. The highest BCUT2D eigenvalue weighted by Crippen LogP contribution is 2.49. The lowest BCUT2D eigenvalue weighted by molar-refractivity contribution is 0.0386. The number of fused-ring (bicyclic) bond motifs is 5.